The molecule has 1 N–H and O–H groups in total. The van der Waals surface area contributed by atoms with Crippen molar-refractivity contribution in [1.82, 2.24) is 15.1 Å². The minimum absolute atomic E-state index is 0.141. The van der Waals surface area contributed by atoms with Crippen LogP contribution in [-0.4, -0.2) is 35.8 Å². The van der Waals surface area contributed by atoms with Crippen LogP contribution in [0.1, 0.15) is 43.6 Å². The van der Waals surface area contributed by atoms with Crippen LogP contribution >= 0.6 is 0 Å². The maximum atomic E-state index is 12.9. The van der Waals surface area contributed by atoms with Gasteiger partial charge in [0, 0.05) is 18.5 Å². The van der Waals surface area contributed by atoms with E-state index in [1.807, 2.05) is 6.92 Å². The lowest BCUT2D eigenvalue weighted by Crippen LogP contribution is -2.44. The average Bonchev–Trinajstić information content (AvgIpc) is 2.82. The summed E-state index contributed by atoms with van der Waals surface area (Å²) in [4.78, 5) is 12.9. The summed E-state index contributed by atoms with van der Waals surface area (Å²) in [5, 5.41) is 7.59. The minimum atomic E-state index is -0.350. The van der Waals surface area contributed by atoms with E-state index in [1.54, 1.807) is 18.0 Å². The molecule has 1 atom stereocenters. The van der Waals surface area contributed by atoms with Gasteiger partial charge in [-0.2, -0.15) is 5.10 Å². The smallest absolute Gasteiger partial charge is 0.191 e. The van der Waals surface area contributed by atoms with Crippen LogP contribution in [0.25, 0.3) is 0 Å². The van der Waals surface area contributed by atoms with Gasteiger partial charge in [0.15, 0.2) is 11.5 Å². The molecule has 0 bridgehead atoms. The monoisotopic (exact) mass is 265 g/mol. The van der Waals surface area contributed by atoms with Gasteiger partial charge in [-0.3, -0.25) is 9.48 Å². The molecule has 5 nitrogen and oxygen atoms in total. The molecule has 0 radical (unpaired) electrons. The number of piperidine rings is 1. The fraction of sp³-hybridized carbons (Fsp3) is 0.714. The van der Waals surface area contributed by atoms with Crippen molar-refractivity contribution in [2.45, 2.75) is 39.7 Å². The highest BCUT2D eigenvalue weighted by atomic mass is 16.5. The van der Waals surface area contributed by atoms with Gasteiger partial charge in [0.2, 0.25) is 0 Å². The van der Waals surface area contributed by atoms with E-state index in [9.17, 15) is 4.79 Å². The summed E-state index contributed by atoms with van der Waals surface area (Å²) in [5.74, 6) is 0.729. The second-order valence-corrected chi connectivity index (χ2v) is 5.45. The number of hydrogen-bond acceptors (Lipinski definition) is 4. The molecule has 2 heterocycles. The number of methoxy groups -OCH3 is 1. The molecule has 1 aliphatic rings. The first-order valence-corrected chi connectivity index (χ1v) is 6.97. The molecule has 1 aromatic heterocycles. The predicted molar refractivity (Wildman–Crippen MR) is 73.6 cm³/mol. The molecule has 1 aromatic rings. The van der Waals surface area contributed by atoms with Crippen LogP contribution in [0.5, 0.6) is 5.75 Å². The standard InChI is InChI=1S/C14H23N3O2/c1-4-8-17-12(11(19-3)9-16-17)13(18)14(2)6-5-7-15-10-14/h9,15H,4-8,10H2,1-3H3. The molecule has 2 rings (SSSR count). The Balaban J connectivity index is 2.33. The highest BCUT2D eigenvalue weighted by molar-refractivity contribution is 6.01. The van der Waals surface area contributed by atoms with Crippen LogP contribution in [0, 0.1) is 5.41 Å². The number of nitrogens with one attached hydrogen (secondary N) is 1. The lowest BCUT2D eigenvalue weighted by atomic mass is 9.77. The number of ether oxygens (including phenoxy) is 1. The number of aromatic nitrogens is 2. The number of hydrogen-bond donors (Lipinski definition) is 1. The van der Waals surface area contributed by atoms with Crippen LogP contribution in [0.3, 0.4) is 0 Å². The quantitative estimate of drug-likeness (QED) is 0.826. The van der Waals surface area contributed by atoms with Crippen molar-refractivity contribution in [2.24, 2.45) is 5.41 Å². The fourth-order valence-electron chi connectivity index (χ4n) is 2.66. The van der Waals surface area contributed by atoms with Gasteiger partial charge >= 0.3 is 0 Å². The zero-order chi connectivity index (χ0) is 13.9. The number of nitrogens with zero attached hydrogens (tertiary/aromatic N) is 2. The molecule has 0 saturated carbocycles. The summed E-state index contributed by atoms with van der Waals surface area (Å²) in [6, 6.07) is 0. The van der Waals surface area contributed by atoms with Crippen LogP contribution < -0.4 is 10.1 Å². The summed E-state index contributed by atoms with van der Waals surface area (Å²) in [6.07, 6.45) is 4.54. The summed E-state index contributed by atoms with van der Waals surface area (Å²) < 4.78 is 7.08. The molecule has 0 aromatic carbocycles. The van der Waals surface area contributed by atoms with Gasteiger partial charge < -0.3 is 10.1 Å². The second kappa shape index (κ2) is 5.74. The minimum Gasteiger partial charge on any atom is -0.493 e. The molecule has 1 saturated heterocycles. The highest BCUT2D eigenvalue weighted by Gasteiger charge is 2.38. The zero-order valence-electron chi connectivity index (χ0n) is 12.0. The van der Waals surface area contributed by atoms with Crippen LogP contribution in [0.15, 0.2) is 6.20 Å². The van der Waals surface area contributed by atoms with Crippen molar-refractivity contribution in [1.29, 1.82) is 0 Å². The van der Waals surface area contributed by atoms with Gasteiger partial charge in [0.05, 0.1) is 13.3 Å². The van der Waals surface area contributed by atoms with E-state index in [1.165, 1.54) is 0 Å². The van der Waals surface area contributed by atoms with Crippen molar-refractivity contribution in [3.63, 3.8) is 0 Å². The summed E-state index contributed by atoms with van der Waals surface area (Å²) in [7, 11) is 1.59. The van der Waals surface area contributed by atoms with E-state index >= 15 is 0 Å². The van der Waals surface area contributed by atoms with E-state index in [4.69, 9.17) is 4.74 Å². The van der Waals surface area contributed by atoms with E-state index in [2.05, 4.69) is 17.3 Å². The molecule has 106 valence electrons. The Morgan fingerprint density at radius 1 is 1.63 bits per heavy atom. The Bertz CT molecular complexity index is 448. The summed E-state index contributed by atoms with van der Waals surface area (Å²) >= 11 is 0. The van der Waals surface area contributed by atoms with Crippen molar-refractivity contribution in [3.8, 4) is 5.75 Å². The van der Waals surface area contributed by atoms with E-state index < -0.39 is 0 Å². The first-order chi connectivity index (χ1) is 9.12. The zero-order valence-corrected chi connectivity index (χ0v) is 12.0. The molecule has 1 aliphatic heterocycles. The normalized spacial score (nSPS) is 23.3. The first kappa shape index (κ1) is 14.1. The third kappa shape index (κ3) is 2.66. The first-order valence-electron chi connectivity index (χ1n) is 6.97. The van der Waals surface area contributed by atoms with E-state index in [-0.39, 0.29) is 11.2 Å². The average molecular weight is 265 g/mol. The number of Topliss-reactive ketones (excluding diaryl/α,β-unsaturated/α-hetero) is 1. The Hall–Kier alpha value is -1.36. The van der Waals surface area contributed by atoms with Gasteiger partial charge in [0.1, 0.15) is 5.69 Å². The fourth-order valence-corrected chi connectivity index (χ4v) is 2.66. The van der Waals surface area contributed by atoms with Crippen molar-refractivity contribution < 1.29 is 9.53 Å². The van der Waals surface area contributed by atoms with Gasteiger partial charge in [-0.25, -0.2) is 0 Å². The van der Waals surface area contributed by atoms with Gasteiger partial charge in [-0.15, -0.1) is 0 Å². The lowest BCUT2D eigenvalue weighted by Gasteiger charge is -2.32. The number of carbonyl (C=O) groups is 1. The topological polar surface area (TPSA) is 56.2 Å². The third-order valence-corrected chi connectivity index (χ3v) is 3.82. The molecule has 0 aliphatic carbocycles. The Kier molecular flexibility index (Phi) is 4.24. The van der Waals surface area contributed by atoms with E-state index in [0.29, 0.717) is 11.4 Å². The Morgan fingerprint density at radius 2 is 2.42 bits per heavy atom. The number of aryl methyl sites for hydroxylation is 1. The molecule has 19 heavy (non-hydrogen) atoms. The molecule has 5 heteroatoms. The molecular formula is C14H23N3O2. The summed E-state index contributed by atoms with van der Waals surface area (Å²) in [6.45, 7) is 6.57. The number of ketones is 1. The van der Waals surface area contributed by atoms with Crippen molar-refractivity contribution in [2.75, 3.05) is 20.2 Å². The van der Waals surface area contributed by atoms with Gasteiger partial charge in [-0.1, -0.05) is 13.8 Å². The van der Waals surface area contributed by atoms with Gasteiger partial charge in [0.25, 0.3) is 0 Å². The highest BCUT2D eigenvalue weighted by Crippen LogP contribution is 2.33. The summed E-state index contributed by atoms with van der Waals surface area (Å²) in [5.41, 5.74) is 0.271. The second-order valence-electron chi connectivity index (χ2n) is 5.45. The van der Waals surface area contributed by atoms with E-state index in [0.717, 1.165) is 38.9 Å². The largest absolute Gasteiger partial charge is 0.493 e. The number of rotatable bonds is 5. The van der Waals surface area contributed by atoms with Crippen molar-refractivity contribution in [3.05, 3.63) is 11.9 Å². The predicted octanol–water partition coefficient (Wildman–Crippen LogP) is 1.87. The SMILES string of the molecule is CCCn1ncc(OC)c1C(=O)C1(C)CCCNC1. The molecule has 1 fully saturated rings. The molecular weight excluding hydrogens is 242 g/mol. The number of carbonyl (C=O) groups excluding carboxylic acids is 1. The molecule has 1 unspecified atom stereocenters. The van der Waals surface area contributed by atoms with Gasteiger partial charge in [-0.05, 0) is 25.8 Å². The van der Waals surface area contributed by atoms with Crippen LogP contribution in [0.4, 0.5) is 0 Å². The third-order valence-electron chi connectivity index (χ3n) is 3.82. The Morgan fingerprint density at radius 3 is 3.00 bits per heavy atom. The molecule has 0 amide bonds. The maximum Gasteiger partial charge on any atom is 0.191 e. The maximum absolute atomic E-state index is 12.9. The Labute approximate surface area is 114 Å². The lowest BCUT2D eigenvalue weighted by molar-refractivity contribution is 0.0757. The molecule has 0 spiro atoms. The van der Waals surface area contributed by atoms with Crippen LogP contribution in [-0.2, 0) is 6.54 Å². The van der Waals surface area contributed by atoms with Crippen molar-refractivity contribution >= 4 is 5.78 Å². The van der Waals surface area contributed by atoms with Crippen LogP contribution in [0.2, 0.25) is 0 Å².